The first kappa shape index (κ1) is 7.86. The van der Waals surface area contributed by atoms with Crippen molar-refractivity contribution < 1.29 is 2.77 Å². The minimum absolute atomic E-state index is 0.974. The monoisotopic (exact) mass is 297 g/mol. The fraction of sp³-hybridized carbons (Fsp3) is 1.00. The van der Waals surface area contributed by atoms with Crippen molar-refractivity contribution in [3.8, 4) is 0 Å². The van der Waals surface area contributed by atoms with Gasteiger partial charge in [0.25, 0.3) is 0 Å². The van der Waals surface area contributed by atoms with E-state index in [1.807, 2.05) is 0 Å². The summed E-state index contributed by atoms with van der Waals surface area (Å²) in [4.78, 5) is 0. The summed E-state index contributed by atoms with van der Waals surface area (Å²) in [6.07, 6.45) is 3.85. The van der Waals surface area contributed by atoms with Crippen LogP contribution in [-0.2, 0) is 2.77 Å². The van der Waals surface area contributed by atoms with Crippen molar-refractivity contribution in [3.63, 3.8) is 0 Å². The van der Waals surface area contributed by atoms with Crippen LogP contribution in [0.1, 0.15) is 26.2 Å². The van der Waals surface area contributed by atoms with E-state index in [1.54, 1.807) is 0 Å². The third-order valence-corrected chi connectivity index (χ3v) is 1.55. The van der Waals surface area contributed by atoms with E-state index >= 15 is 0 Å². The molecule has 1 nitrogen and oxygen atoms in total. The summed E-state index contributed by atoms with van der Waals surface area (Å²) >= 11 is 1.07. The normalized spacial score (nSPS) is 9.43. The number of hydrogen-bond acceptors (Lipinski definition) is 1. The van der Waals surface area contributed by atoms with Crippen molar-refractivity contribution in [1.82, 2.24) is 0 Å². The Hall–Kier alpha value is 0.856. The van der Waals surface area contributed by atoms with E-state index in [0.717, 1.165) is 32.1 Å². The molecule has 0 aromatic rings. The molecule has 0 radical (unpaired) electrons. The zero-order chi connectivity index (χ0) is 5.54. The predicted molar refractivity (Wildman–Crippen MR) is 32.6 cm³/mol. The van der Waals surface area contributed by atoms with Crippen LogP contribution < -0.4 is 0 Å². The third kappa shape index (κ3) is 6.86. The first-order valence-corrected chi connectivity index (χ1v) is 4.10. The van der Waals surface area contributed by atoms with Crippen LogP contribution in [0.2, 0.25) is 0 Å². The Bertz CT molecular complexity index is 27.3. The van der Waals surface area contributed by atoms with E-state index in [2.05, 4.69) is 6.92 Å². The molecule has 44 valence electrons. The van der Waals surface area contributed by atoms with Crippen LogP contribution in [-0.4, -0.2) is 32.1 Å². The van der Waals surface area contributed by atoms with Gasteiger partial charge in [0.2, 0.25) is 0 Å². The first-order valence-electron chi connectivity index (χ1n) is 2.68. The van der Waals surface area contributed by atoms with E-state index in [9.17, 15) is 0 Å². The molecule has 7 heavy (non-hydrogen) atoms. The van der Waals surface area contributed by atoms with Crippen molar-refractivity contribution in [3.05, 3.63) is 0 Å². The Labute approximate surface area is 61.2 Å². The van der Waals surface area contributed by atoms with Gasteiger partial charge < -0.3 is 0 Å². The van der Waals surface area contributed by atoms with Gasteiger partial charge in [-0.2, -0.15) is 0 Å². The minimum atomic E-state index is 0.974. The van der Waals surface area contributed by atoms with Crippen LogP contribution in [0.4, 0.5) is 0 Å². The summed E-state index contributed by atoms with van der Waals surface area (Å²) in [6, 6.07) is 0. The molecule has 0 aliphatic rings. The van der Waals surface area contributed by atoms with Gasteiger partial charge in [0.05, 0.1) is 0 Å². The van der Waals surface area contributed by atoms with Crippen molar-refractivity contribution in [2.24, 2.45) is 0 Å². The van der Waals surface area contributed by atoms with Gasteiger partial charge in [0.15, 0.2) is 0 Å². The topological polar surface area (TPSA) is 9.23 Å². The van der Waals surface area contributed by atoms with Gasteiger partial charge in [-0.05, 0) is 0 Å². The Kier molecular flexibility index (Phi) is 7.69. The van der Waals surface area contributed by atoms with E-state index in [4.69, 9.17) is 2.77 Å². The molecule has 0 bridgehead atoms. The van der Waals surface area contributed by atoms with E-state index in [1.165, 1.54) is 19.3 Å². The molecule has 0 aromatic heterocycles. The molecule has 0 unspecified atom stereocenters. The van der Waals surface area contributed by atoms with E-state index in [0.29, 0.717) is 0 Å². The van der Waals surface area contributed by atoms with Crippen molar-refractivity contribution >= 4 is 25.5 Å². The maximum atomic E-state index is 4.96. The molecule has 0 saturated heterocycles. The van der Waals surface area contributed by atoms with E-state index in [-0.39, 0.29) is 0 Å². The Balaban J connectivity index is 2.45. The van der Waals surface area contributed by atoms with E-state index < -0.39 is 0 Å². The van der Waals surface area contributed by atoms with Crippen molar-refractivity contribution in [1.29, 1.82) is 0 Å². The van der Waals surface area contributed by atoms with Gasteiger partial charge in [-0.15, -0.1) is 0 Å². The fourth-order valence-electron chi connectivity index (χ4n) is 0.417. The average molecular weight is 297 g/mol. The molecule has 0 heterocycles. The molecule has 0 aliphatic heterocycles. The molecule has 0 saturated carbocycles. The van der Waals surface area contributed by atoms with Crippen LogP contribution in [0.5, 0.6) is 0 Å². The van der Waals surface area contributed by atoms with Gasteiger partial charge >= 0.3 is 61.1 Å². The molecule has 0 spiro atoms. The van der Waals surface area contributed by atoms with Crippen LogP contribution in [0.3, 0.4) is 0 Å². The molecule has 0 fully saturated rings. The molecule has 0 aromatic carbocycles. The standard InChI is InChI=1S/C5H11O.Po.H/c1-2-3-4-5-6;;/h2-5H2,1H3;;/q-1;+1;. The fourth-order valence-corrected chi connectivity index (χ4v) is 0.918. The summed E-state index contributed by atoms with van der Waals surface area (Å²) in [7, 11) is 0. The summed E-state index contributed by atoms with van der Waals surface area (Å²) in [5, 5.41) is 0. The molecule has 0 atom stereocenters. The second-order valence-electron chi connectivity index (χ2n) is 1.54. The summed E-state index contributed by atoms with van der Waals surface area (Å²) in [6.45, 7) is 3.17. The molecule has 0 aliphatic carbocycles. The second kappa shape index (κ2) is 6.86. The number of unbranched alkanes of at least 4 members (excludes halogenated alkanes) is 2. The Morgan fingerprint density at radius 2 is 2.14 bits per heavy atom. The SMILES string of the molecule is CCCCC[O][PoH]. The maximum absolute atomic E-state index is 4.96. The molecule has 0 rings (SSSR count). The summed E-state index contributed by atoms with van der Waals surface area (Å²) in [5.74, 6) is 0. The van der Waals surface area contributed by atoms with Crippen LogP contribution in [0.15, 0.2) is 0 Å². The van der Waals surface area contributed by atoms with Gasteiger partial charge in [0, 0.05) is 0 Å². The van der Waals surface area contributed by atoms with Crippen LogP contribution in [0, 0.1) is 0 Å². The number of hydrogen-bond donors (Lipinski definition) is 0. The Morgan fingerprint density at radius 3 is 2.57 bits per heavy atom. The van der Waals surface area contributed by atoms with Crippen LogP contribution in [0.25, 0.3) is 0 Å². The average Bonchev–Trinajstić information content (AvgIpc) is 1.69. The summed E-state index contributed by atoms with van der Waals surface area (Å²) < 4.78 is 4.96. The molecule has 0 amide bonds. The number of rotatable bonds is 4. The zero-order valence-electron chi connectivity index (χ0n) is 4.68. The van der Waals surface area contributed by atoms with Crippen molar-refractivity contribution in [2.75, 3.05) is 6.61 Å². The molecular formula is C5H12OPo. The molecular weight excluding hydrogens is 285 g/mol. The third-order valence-electron chi connectivity index (χ3n) is 0.839. The van der Waals surface area contributed by atoms with Gasteiger partial charge in [-0.1, -0.05) is 0 Å². The second-order valence-corrected chi connectivity index (χ2v) is 2.54. The summed E-state index contributed by atoms with van der Waals surface area (Å²) in [5.41, 5.74) is 0. The zero-order valence-corrected chi connectivity index (χ0v) is 8.16. The molecule has 0 N–H and O–H groups in total. The first-order chi connectivity index (χ1) is 3.41. The quantitative estimate of drug-likeness (QED) is 0.704. The molecule has 2 heteroatoms. The Morgan fingerprint density at radius 1 is 1.43 bits per heavy atom. The predicted octanol–water partition coefficient (Wildman–Crippen LogP) is 1.01. The van der Waals surface area contributed by atoms with Gasteiger partial charge in [-0.25, -0.2) is 0 Å². The van der Waals surface area contributed by atoms with Crippen molar-refractivity contribution in [2.45, 2.75) is 26.2 Å². The van der Waals surface area contributed by atoms with Gasteiger partial charge in [0.1, 0.15) is 0 Å². The van der Waals surface area contributed by atoms with Gasteiger partial charge in [-0.3, -0.25) is 0 Å². The van der Waals surface area contributed by atoms with Crippen LogP contribution >= 0.6 is 0 Å².